The maximum atomic E-state index is 13.0. The number of carbonyl (C=O) groups excluding carboxylic acids is 2. The molecule has 29 heavy (non-hydrogen) atoms. The second-order valence-corrected chi connectivity index (χ2v) is 8.62. The molecule has 0 radical (unpaired) electrons. The van der Waals surface area contributed by atoms with Gasteiger partial charge in [0.05, 0.1) is 17.1 Å². The molecule has 3 rings (SSSR count). The third kappa shape index (κ3) is 4.83. The van der Waals surface area contributed by atoms with Crippen molar-refractivity contribution in [2.45, 2.75) is 37.1 Å². The summed E-state index contributed by atoms with van der Waals surface area (Å²) in [6.45, 7) is 2.31. The van der Waals surface area contributed by atoms with E-state index >= 15 is 0 Å². The van der Waals surface area contributed by atoms with Crippen LogP contribution in [-0.2, 0) is 19.6 Å². The van der Waals surface area contributed by atoms with Gasteiger partial charge in [-0.3, -0.25) is 4.79 Å². The lowest BCUT2D eigenvalue weighted by Crippen LogP contribution is -2.49. The summed E-state index contributed by atoms with van der Waals surface area (Å²) in [5.41, 5.74) is 0.876. The van der Waals surface area contributed by atoms with Gasteiger partial charge in [-0.25, -0.2) is 13.2 Å². The largest absolute Gasteiger partial charge is 0.462 e. The molecular formula is C21H24N2O5S. The summed E-state index contributed by atoms with van der Waals surface area (Å²) < 4.78 is 32.3. The van der Waals surface area contributed by atoms with E-state index in [0.717, 1.165) is 6.42 Å². The number of anilines is 1. The van der Waals surface area contributed by atoms with Gasteiger partial charge >= 0.3 is 5.97 Å². The van der Waals surface area contributed by atoms with E-state index in [-0.39, 0.29) is 17.4 Å². The highest BCUT2D eigenvalue weighted by molar-refractivity contribution is 7.89. The van der Waals surface area contributed by atoms with Gasteiger partial charge in [0.1, 0.15) is 6.04 Å². The van der Waals surface area contributed by atoms with Crippen LogP contribution in [0.1, 0.15) is 36.5 Å². The van der Waals surface area contributed by atoms with Crippen molar-refractivity contribution in [2.24, 2.45) is 0 Å². The van der Waals surface area contributed by atoms with Gasteiger partial charge in [-0.15, -0.1) is 0 Å². The van der Waals surface area contributed by atoms with Crippen molar-refractivity contribution in [3.63, 3.8) is 0 Å². The second-order valence-electron chi connectivity index (χ2n) is 6.73. The molecule has 154 valence electrons. The van der Waals surface area contributed by atoms with Crippen molar-refractivity contribution in [1.29, 1.82) is 0 Å². The maximum absolute atomic E-state index is 13.0. The van der Waals surface area contributed by atoms with Crippen LogP contribution in [0.2, 0.25) is 0 Å². The van der Waals surface area contributed by atoms with E-state index < -0.39 is 22.0 Å². The average molecular weight is 416 g/mol. The van der Waals surface area contributed by atoms with Gasteiger partial charge in [0.15, 0.2) is 0 Å². The van der Waals surface area contributed by atoms with E-state index in [9.17, 15) is 18.0 Å². The minimum Gasteiger partial charge on any atom is -0.462 e. The van der Waals surface area contributed by atoms with Gasteiger partial charge in [0.25, 0.3) is 0 Å². The summed E-state index contributed by atoms with van der Waals surface area (Å²) >= 11 is 0. The highest BCUT2D eigenvalue weighted by Gasteiger charge is 2.37. The van der Waals surface area contributed by atoms with Crippen LogP contribution in [0.4, 0.5) is 5.69 Å². The average Bonchev–Trinajstić information content (AvgIpc) is 2.75. The molecule has 1 atom stereocenters. The predicted molar refractivity (Wildman–Crippen MR) is 109 cm³/mol. The zero-order valence-corrected chi connectivity index (χ0v) is 17.0. The lowest BCUT2D eigenvalue weighted by molar-refractivity contribution is -0.120. The number of nitrogens with one attached hydrogen (secondary N) is 1. The third-order valence-corrected chi connectivity index (χ3v) is 6.69. The molecular weight excluding hydrogens is 392 g/mol. The van der Waals surface area contributed by atoms with Crippen molar-refractivity contribution in [2.75, 3.05) is 18.5 Å². The fourth-order valence-electron chi connectivity index (χ4n) is 3.31. The minimum atomic E-state index is -3.76. The number of benzene rings is 2. The zero-order chi connectivity index (χ0) is 20.9. The van der Waals surface area contributed by atoms with Crippen molar-refractivity contribution < 1.29 is 22.7 Å². The van der Waals surface area contributed by atoms with Crippen LogP contribution in [0.25, 0.3) is 0 Å². The van der Waals surface area contributed by atoms with E-state index in [4.69, 9.17) is 4.74 Å². The number of hydrogen-bond acceptors (Lipinski definition) is 5. The summed E-state index contributed by atoms with van der Waals surface area (Å²) in [5.74, 6) is -0.814. The lowest BCUT2D eigenvalue weighted by Gasteiger charge is -2.33. The molecule has 0 saturated carbocycles. The Morgan fingerprint density at radius 2 is 1.76 bits per heavy atom. The molecule has 0 bridgehead atoms. The molecule has 1 heterocycles. The molecule has 1 amide bonds. The van der Waals surface area contributed by atoms with Gasteiger partial charge in [-0.05, 0) is 56.2 Å². The molecule has 2 aromatic carbocycles. The number of ether oxygens (including phenoxy) is 1. The fourth-order valence-corrected chi connectivity index (χ4v) is 4.99. The Hall–Kier alpha value is -2.71. The van der Waals surface area contributed by atoms with E-state index in [0.29, 0.717) is 30.6 Å². The number of sulfonamides is 1. The maximum Gasteiger partial charge on any atom is 0.338 e. The number of rotatable bonds is 6. The molecule has 1 aliphatic rings. The number of nitrogens with zero attached hydrogens (tertiary/aromatic N) is 1. The number of carbonyl (C=O) groups is 2. The molecule has 1 N–H and O–H groups in total. The highest BCUT2D eigenvalue weighted by Crippen LogP contribution is 2.26. The van der Waals surface area contributed by atoms with E-state index in [1.54, 1.807) is 49.4 Å². The summed E-state index contributed by atoms with van der Waals surface area (Å²) in [5, 5.41) is 2.77. The SMILES string of the molecule is CCOC(=O)c1ccc(NC(=O)[C@@H]2CCCCN2S(=O)(=O)c2ccccc2)cc1. The molecule has 2 aromatic rings. The smallest absolute Gasteiger partial charge is 0.338 e. The fraction of sp³-hybridized carbons (Fsp3) is 0.333. The molecule has 1 aliphatic heterocycles. The van der Waals surface area contributed by atoms with Crippen LogP contribution >= 0.6 is 0 Å². The molecule has 8 heteroatoms. The van der Waals surface area contributed by atoms with E-state index in [1.807, 2.05) is 0 Å². The first-order valence-corrected chi connectivity index (χ1v) is 11.0. The molecule has 0 spiro atoms. The second kappa shape index (κ2) is 9.19. The number of piperidine rings is 1. The Morgan fingerprint density at radius 1 is 1.07 bits per heavy atom. The van der Waals surface area contributed by atoms with Crippen molar-refractivity contribution in [3.8, 4) is 0 Å². The van der Waals surface area contributed by atoms with Gasteiger partial charge in [-0.1, -0.05) is 24.6 Å². The Balaban J connectivity index is 1.75. The van der Waals surface area contributed by atoms with Crippen LogP contribution < -0.4 is 5.32 Å². The molecule has 0 aromatic heterocycles. The summed E-state index contributed by atoms with van der Waals surface area (Å²) in [6.07, 6.45) is 1.95. The Morgan fingerprint density at radius 3 is 2.41 bits per heavy atom. The van der Waals surface area contributed by atoms with Crippen LogP contribution in [0.3, 0.4) is 0 Å². The van der Waals surface area contributed by atoms with Crippen LogP contribution in [0.15, 0.2) is 59.5 Å². The predicted octanol–water partition coefficient (Wildman–Crippen LogP) is 3.05. The summed E-state index contributed by atoms with van der Waals surface area (Å²) in [6, 6.07) is 13.7. The first-order valence-electron chi connectivity index (χ1n) is 9.58. The van der Waals surface area contributed by atoms with Gasteiger partial charge in [0.2, 0.25) is 15.9 Å². The number of amides is 1. The van der Waals surface area contributed by atoms with E-state index in [2.05, 4.69) is 5.32 Å². The zero-order valence-electron chi connectivity index (χ0n) is 16.2. The molecule has 0 aliphatic carbocycles. The number of hydrogen-bond donors (Lipinski definition) is 1. The van der Waals surface area contributed by atoms with Crippen molar-refractivity contribution in [1.82, 2.24) is 4.31 Å². The van der Waals surface area contributed by atoms with Gasteiger partial charge in [0, 0.05) is 12.2 Å². The molecule has 7 nitrogen and oxygen atoms in total. The topological polar surface area (TPSA) is 92.8 Å². The third-order valence-electron chi connectivity index (χ3n) is 4.77. The molecule has 0 unspecified atom stereocenters. The quantitative estimate of drug-likeness (QED) is 0.731. The Kier molecular flexibility index (Phi) is 6.66. The molecule has 1 saturated heterocycles. The Labute approximate surface area is 170 Å². The summed E-state index contributed by atoms with van der Waals surface area (Å²) in [7, 11) is -3.76. The summed E-state index contributed by atoms with van der Waals surface area (Å²) in [4.78, 5) is 24.8. The van der Waals surface area contributed by atoms with E-state index in [1.165, 1.54) is 16.4 Å². The van der Waals surface area contributed by atoms with Crippen LogP contribution in [-0.4, -0.2) is 43.8 Å². The van der Waals surface area contributed by atoms with Crippen LogP contribution in [0.5, 0.6) is 0 Å². The normalized spacial score (nSPS) is 17.5. The van der Waals surface area contributed by atoms with Crippen molar-refractivity contribution in [3.05, 3.63) is 60.2 Å². The first kappa shape index (κ1) is 21.0. The van der Waals surface area contributed by atoms with Crippen molar-refractivity contribution >= 4 is 27.6 Å². The molecule has 1 fully saturated rings. The minimum absolute atomic E-state index is 0.179. The number of esters is 1. The first-order chi connectivity index (χ1) is 13.9. The van der Waals surface area contributed by atoms with Gasteiger partial charge < -0.3 is 10.1 Å². The van der Waals surface area contributed by atoms with Gasteiger partial charge in [-0.2, -0.15) is 4.31 Å². The lowest BCUT2D eigenvalue weighted by atomic mass is 10.0. The Bertz CT molecular complexity index is 958. The monoisotopic (exact) mass is 416 g/mol. The highest BCUT2D eigenvalue weighted by atomic mass is 32.2. The standard InChI is InChI=1S/C21H24N2O5S/c1-2-28-21(25)16-11-13-17(14-12-16)22-20(24)19-10-6-7-15-23(19)29(26,27)18-8-4-3-5-9-18/h3-5,8-9,11-14,19H,2,6-7,10,15H2,1H3,(H,22,24)/t19-/m0/s1. The van der Waals surface area contributed by atoms with Crippen LogP contribution in [0, 0.1) is 0 Å².